The Morgan fingerprint density at radius 2 is 2.00 bits per heavy atom. The van der Waals surface area contributed by atoms with Gasteiger partial charge in [-0.25, -0.2) is 0 Å². The number of nitrogens with one attached hydrogen (secondary N) is 1. The Labute approximate surface area is 157 Å². The number of carbonyl (C=O) groups is 1. The minimum Gasteiger partial charge on any atom is -0.435 e. The molecule has 5 nitrogen and oxygen atoms in total. The van der Waals surface area contributed by atoms with Crippen LogP contribution in [0.15, 0.2) is 30.5 Å². The molecule has 0 unspecified atom stereocenters. The Morgan fingerprint density at radius 3 is 2.67 bits per heavy atom. The van der Waals surface area contributed by atoms with Crippen LogP contribution in [0.3, 0.4) is 0 Å². The van der Waals surface area contributed by atoms with Gasteiger partial charge in [-0.2, -0.15) is 8.78 Å². The highest BCUT2D eigenvalue weighted by Gasteiger charge is 2.23. The molecule has 0 saturated heterocycles. The summed E-state index contributed by atoms with van der Waals surface area (Å²) in [7, 11) is 4.17. The highest BCUT2D eigenvalue weighted by molar-refractivity contribution is 5.97. The minimum absolute atomic E-state index is 0.0525. The molecule has 146 valence electrons. The second-order valence-electron chi connectivity index (χ2n) is 7.41. The zero-order chi connectivity index (χ0) is 19.4. The zero-order valence-corrected chi connectivity index (χ0v) is 15.6. The van der Waals surface area contributed by atoms with E-state index < -0.39 is 6.61 Å². The molecule has 1 fully saturated rings. The summed E-state index contributed by atoms with van der Waals surface area (Å²) in [6.07, 6.45) is 5.68. The van der Waals surface area contributed by atoms with E-state index in [4.69, 9.17) is 0 Å². The predicted molar refractivity (Wildman–Crippen MR) is 100 cm³/mol. The van der Waals surface area contributed by atoms with Crippen molar-refractivity contribution >= 4 is 16.8 Å². The van der Waals surface area contributed by atoms with Gasteiger partial charge in [0, 0.05) is 30.2 Å². The predicted octanol–water partition coefficient (Wildman–Crippen LogP) is 3.69. The number of nitrogens with zero attached hydrogens (tertiary/aromatic N) is 2. The molecule has 2 aromatic rings. The Bertz CT molecular complexity index is 790. The molecule has 3 rings (SSSR count). The summed E-state index contributed by atoms with van der Waals surface area (Å²) in [5, 5.41) is 3.80. The summed E-state index contributed by atoms with van der Waals surface area (Å²) >= 11 is 0. The lowest BCUT2D eigenvalue weighted by Crippen LogP contribution is -2.39. The molecule has 7 heteroatoms. The smallest absolute Gasteiger partial charge is 0.387 e. The number of rotatable bonds is 6. The maximum absolute atomic E-state index is 12.5. The zero-order valence-electron chi connectivity index (χ0n) is 15.6. The van der Waals surface area contributed by atoms with Crippen molar-refractivity contribution in [2.45, 2.75) is 38.3 Å². The van der Waals surface area contributed by atoms with E-state index in [0.29, 0.717) is 22.4 Å². The molecule has 1 aliphatic rings. The van der Waals surface area contributed by atoms with Gasteiger partial charge in [-0.05, 0) is 63.9 Å². The molecule has 0 bridgehead atoms. The molecular weight excluding hydrogens is 352 g/mol. The molecule has 0 aliphatic heterocycles. The maximum atomic E-state index is 12.5. The van der Waals surface area contributed by atoms with Crippen molar-refractivity contribution in [3.8, 4) is 5.75 Å². The summed E-state index contributed by atoms with van der Waals surface area (Å²) < 4.78 is 29.0. The van der Waals surface area contributed by atoms with Gasteiger partial charge in [-0.1, -0.05) is 0 Å². The van der Waals surface area contributed by atoms with Crippen molar-refractivity contribution in [2.24, 2.45) is 5.92 Å². The average molecular weight is 377 g/mol. The first-order valence-corrected chi connectivity index (χ1v) is 9.21. The van der Waals surface area contributed by atoms with Gasteiger partial charge in [-0.15, -0.1) is 0 Å². The Hall–Kier alpha value is -2.28. The molecule has 1 N–H and O–H groups in total. The van der Waals surface area contributed by atoms with E-state index in [0.717, 1.165) is 32.2 Å². The number of fused-ring (bicyclic) bond motifs is 1. The Kier molecular flexibility index (Phi) is 6.21. The van der Waals surface area contributed by atoms with Gasteiger partial charge in [-0.3, -0.25) is 9.78 Å². The lowest BCUT2D eigenvalue weighted by molar-refractivity contribution is -0.0497. The fourth-order valence-electron chi connectivity index (χ4n) is 3.68. The van der Waals surface area contributed by atoms with E-state index in [9.17, 15) is 13.6 Å². The number of hydrogen-bond donors (Lipinski definition) is 1. The molecule has 1 aromatic carbocycles. The Morgan fingerprint density at radius 1 is 1.26 bits per heavy atom. The molecule has 0 spiro atoms. The van der Waals surface area contributed by atoms with E-state index in [1.54, 1.807) is 12.1 Å². The third-order valence-corrected chi connectivity index (χ3v) is 4.95. The fraction of sp³-hybridized carbons (Fsp3) is 0.500. The van der Waals surface area contributed by atoms with E-state index in [2.05, 4.69) is 34.0 Å². The van der Waals surface area contributed by atoms with Gasteiger partial charge in [0.1, 0.15) is 5.75 Å². The van der Waals surface area contributed by atoms with Gasteiger partial charge >= 0.3 is 6.61 Å². The highest BCUT2D eigenvalue weighted by Crippen LogP contribution is 2.25. The van der Waals surface area contributed by atoms with Gasteiger partial charge in [0.25, 0.3) is 5.91 Å². The third kappa shape index (κ3) is 5.35. The Balaban J connectivity index is 1.61. The first-order chi connectivity index (χ1) is 12.9. The van der Waals surface area contributed by atoms with E-state index >= 15 is 0 Å². The third-order valence-electron chi connectivity index (χ3n) is 4.95. The summed E-state index contributed by atoms with van der Waals surface area (Å²) in [6, 6.07) is 6.43. The molecule has 1 amide bonds. The van der Waals surface area contributed by atoms with Crippen LogP contribution < -0.4 is 10.1 Å². The van der Waals surface area contributed by atoms with Crippen LogP contribution >= 0.6 is 0 Å². The number of amides is 1. The molecular formula is C20H25F2N3O2. The summed E-state index contributed by atoms with van der Waals surface area (Å²) in [6.45, 7) is -1.78. The number of benzene rings is 1. The van der Waals surface area contributed by atoms with Crippen LogP contribution in [0.2, 0.25) is 0 Å². The second-order valence-corrected chi connectivity index (χ2v) is 7.41. The van der Waals surface area contributed by atoms with Crippen LogP contribution in [-0.4, -0.2) is 49.1 Å². The number of halogens is 2. The monoisotopic (exact) mass is 377 g/mol. The summed E-state index contributed by atoms with van der Waals surface area (Å²) in [5.41, 5.74) is 0.981. The first kappa shape index (κ1) is 19.5. The fourth-order valence-corrected chi connectivity index (χ4v) is 3.68. The number of hydrogen-bond acceptors (Lipinski definition) is 4. The van der Waals surface area contributed by atoms with E-state index in [-0.39, 0.29) is 17.7 Å². The molecule has 0 atom stereocenters. The van der Waals surface area contributed by atoms with Crippen molar-refractivity contribution in [3.63, 3.8) is 0 Å². The SMILES string of the molecule is CN(C)CC1CCC(NC(=O)c2cnc3cc(OC(F)F)ccc3c2)CC1. The standard InChI is InChI=1S/C20H25F2N3O2/c1-25(2)12-13-3-6-16(7-4-13)24-19(26)15-9-14-5-8-17(27-20(21)22)10-18(14)23-11-15/h5,8-11,13,16,20H,3-4,6-7,12H2,1-2H3,(H,24,26). The van der Waals surface area contributed by atoms with Crippen molar-refractivity contribution in [3.05, 3.63) is 36.0 Å². The average Bonchev–Trinajstić information content (AvgIpc) is 2.62. The van der Waals surface area contributed by atoms with Crippen molar-refractivity contribution in [1.29, 1.82) is 0 Å². The first-order valence-electron chi connectivity index (χ1n) is 9.21. The van der Waals surface area contributed by atoms with Crippen LogP contribution in [0.4, 0.5) is 8.78 Å². The normalized spacial score (nSPS) is 20.2. The van der Waals surface area contributed by atoms with Crippen LogP contribution in [0.1, 0.15) is 36.0 Å². The van der Waals surface area contributed by atoms with Crippen molar-refractivity contribution in [1.82, 2.24) is 15.2 Å². The summed E-state index contributed by atoms with van der Waals surface area (Å²) in [5.74, 6) is 0.602. The number of ether oxygens (including phenoxy) is 1. The number of pyridine rings is 1. The van der Waals surface area contributed by atoms with Crippen molar-refractivity contribution in [2.75, 3.05) is 20.6 Å². The van der Waals surface area contributed by atoms with Gasteiger partial charge in [0.15, 0.2) is 0 Å². The van der Waals surface area contributed by atoms with Gasteiger partial charge in [0.2, 0.25) is 0 Å². The molecule has 1 aliphatic carbocycles. The van der Waals surface area contributed by atoms with Crippen LogP contribution in [0.5, 0.6) is 5.75 Å². The second kappa shape index (κ2) is 8.61. The van der Waals surface area contributed by atoms with Crippen LogP contribution in [-0.2, 0) is 0 Å². The number of carbonyl (C=O) groups excluding carboxylic acids is 1. The molecule has 1 heterocycles. The highest BCUT2D eigenvalue weighted by atomic mass is 19.3. The lowest BCUT2D eigenvalue weighted by Gasteiger charge is -2.30. The largest absolute Gasteiger partial charge is 0.435 e. The van der Waals surface area contributed by atoms with E-state index in [1.807, 2.05) is 0 Å². The van der Waals surface area contributed by atoms with E-state index in [1.165, 1.54) is 18.3 Å². The van der Waals surface area contributed by atoms with Crippen LogP contribution in [0, 0.1) is 5.92 Å². The molecule has 27 heavy (non-hydrogen) atoms. The quantitative estimate of drug-likeness (QED) is 0.834. The topological polar surface area (TPSA) is 54.5 Å². The number of aromatic nitrogens is 1. The minimum atomic E-state index is -2.87. The number of alkyl halides is 2. The van der Waals surface area contributed by atoms with Gasteiger partial charge < -0.3 is 15.0 Å². The molecule has 0 radical (unpaired) electrons. The van der Waals surface area contributed by atoms with Crippen molar-refractivity contribution < 1.29 is 18.3 Å². The maximum Gasteiger partial charge on any atom is 0.387 e. The lowest BCUT2D eigenvalue weighted by atomic mass is 9.85. The molecule has 1 saturated carbocycles. The summed E-state index contributed by atoms with van der Waals surface area (Å²) in [4.78, 5) is 19.0. The van der Waals surface area contributed by atoms with Gasteiger partial charge in [0.05, 0.1) is 11.1 Å². The molecule has 1 aromatic heterocycles. The van der Waals surface area contributed by atoms with Crippen LogP contribution in [0.25, 0.3) is 10.9 Å².